The van der Waals surface area contributed by atoms with Crippen molar-refractivity contribution in [2.45, 2.75) is 6.92 Å². The molecule has 1 rings (SSSR count). The summed E-state index contributed by atoms with van der Waals surface area (Å²) in [6.07, 6.45) is 3.05. The molecule has 0 atom stereocenters. The van der Waals surface area contributed by atoms with Gasteiger partial charge in [0.05, 0.1) is 12.1 Å². The molecule has 1 amide bonds. The SMILES string of the molecule is C/C=C/C(=O)NCC#Cc1ccccc1F. The van der Waals surface area contributed by atoms with Crippen LogP contribution in [-0.4, -0.2) is 12.5 Å². The highest BCUT2D eigenvalue weighted by molar-refractivity contribution is 5.87. The number of benzene rings is 1. The van der Waals surface area contributed by atoms with Gasteiger partial charge in [-0.25, -0.2) is 4.39 Å². The average Bonchev–Trinajstić information content (AvgIpc) is 2.27. The summed E-state index contributed by atoms with van der Waals surface area (Å²) in [6, 6.07) is 6.26. The van der Waals surface area contributed by atoms with Crippen LogP contribution in [0, 0.1) is 17.7 Å². The lowest BCUT2D eigenvalue weighted by Gasteiger charge is -1.94. The minimum atomic E-state index is -0.352. The largest absolute Gasteiger partial charge is 0.342 e. The van der Waals surface area contributed by atoms with Crippen LogP contribution in [0.2, 0.25) is 0 Å². The molecule has 2 nitrogen and oxygen atoms in total. The number of rotatable bonds is 2. The van der Waals surface area contributed by atoms with Crippen LogP contribution in [0.4, 0.5) is 4.39 Å². The predicted molar refractivity (Wildman–Crippen MR) is 61.1 cm³/mol. The molecule has 0 saturated carbocycles. The Hall–Kier alpha value is -2.08. The van der Waals surface area contributed by atoms with Crippen LogP contribution in [0.3, 0.4) is 0 Å². The molecule has 1 aromatic carbocycles. The topological polar surface area (TPSA) is 29.1 Å². The van der Waals surface area contributed by atoms with Gasteiger partial charge in [0, 0.05) is 0 Å². The third kappa shape index (κ3) is 3.97. The van der Waals surface area contributed by atoms with E-state index in [4.69, 9.17) is 0 Å². The zero-order valence-corrected chi connectivity index (χ0v) is 8.96. The number of amides is 1. The molecule has 0 bridgehead atoms. The Bertz CT molecular complexity index is 454. The molecular weight excluding hydrogens is 205 g/mol. The molecule has 82 valence electrons. The number of halogens is 1. The van der Waals surface area contributed by atoms with E-state index >= 15 is 0 Å². The summed E-state index contributed by atoms with van der Waals surface area (Å²) >= 11 is 0. The number of nitrogens with one attached hydrogen (secondary N) is 1. The first kappa shape index (κ1) is 12.0. The molecule has 0 aliphatic rings. The number of carbonyl (C=O) groups excluding carboxylic acids is 1. The maximum absolute atomic E-state index is 13.1. The standard InChI is InChI=1S/C13H12FNO/c1-2-6-13(16)15-10-5-8-11-7-3-4-9-12(11)14/h2-4,6-7,9H,10H2,1H3,(H,15,16)/b6-2+. The predicted octanol–water partition coefficient (Wildman–Crippen LogP) is 1.87. The highest BCUT2D eigenvalue weighted by atomic mass is 19.1. The molecule has 0 saturated heterocycles. The average molecular weight is 217 g/mol. The Morgan fingerprint density at radius 1 is 1.50 bits per heavy atom. The van der Waals surface area contributed by atoms with Crippen molar-refractivity contribution in [3.05, 3.63) is 47.8 Å². The molecule has 0 aliphatic heterocycles. The Balaban J connectivity index is 2.50. The molecule has 0 spiro atoms. The monoisotopic (exact) mass is 217 g/mol. The quantitative estimate of drug-likeness (QED) is 0.594. The van der Waals surface area contributed by atoms with Crippen molar-refractivity contribution in [1.29, 1.82) is 0 Å². The summed E-state index contributed by atoms with van der Waals surface area (Å²) in [5, 5.41) is 2.55. The van der Waals surface area contributed by atoms with Gasteiger partial charge in [0.1, 0.15) is 5.82 Å². The molecule has 1 N–H and O–H groups in total. The first-order chi connectivity index (χ1) is 7.74. The van der Waals surface area contributed by atoms with Gasteiger partial charge in [-0.3, -0.25) is 4.79 Å². The van der Waals surface area contributed by atoms with Gasteiger partial charge in [0.2, 0.25) is 5.91 Å². The summed E-state index contributed by atoms with van der Waals surface area (Å²) < 4.78 is 13.1. The van der Waals surface area contributed by atoms with E-state index in [9.17, 15) is 9.18 Å². The smallest absolute Gasteiger partial charge is 0.244 e. The minimum Gasteiger partial charge on any atom is -0.342 e. The number of hydrogen-bond acceptors (Lipinski definition) is 1. The molecule has 0 aromatic heterocycles. The summed E-state index contributed by atoms with van der Waals surface area (Å²) in [4.78, 5) is 11.0. The van der Waals surface area contributed by atoms with E-state index < -0.39 is 0 Å². The van der Waals surface area contributed by atoms with E-state index in [1.165, 1.54) is 12.1 Å². The second-order valence-electron chi connectivity index (χ2n) is 3.00. The van der Waals surface area contributed by atoms with Crippen LogP contribution in [0.5, 0.6) is 0 Å². The van der Waals surface area contributed by atoms with Crippen LogP contribution >= 0.6 is 0 Å². The van der Waals surface area contributed by atoms with Crippen molar-refractivity contribution in [3.63, 3.8) is 0 Å². The van der Waals surface area contributed by atoms with E-state index in [1.54, 1.807) is 31.2 Å². The van der Waals surface area contributed by atoms with Gasteiger partial charge in [-0.1, -0.05) is 30.0 Å². The summed E-state index contributed by atoms with van der Waals surface area (Å²) in [5.41, 5.74) is 0.336. The van der Waals surface area contributed by atoms with Crippen molar-refractivity contribution in [3.8, 4) is 11.8 Å². The third-order valence-electron chi connectivity index (χ3n) is 1.77. The second kappa shape index (κ2) is 6.41. The van der Waals surface area contributed by atoms with E-state index in [2.05, 4.69) is 17.2 Å². The van der Waals surface area contributed by atoms with Crippen LogP contribution in [0.25, 0.3) is 0 Å². The normalized spacial score (nSPS) is 9.62. The van der Waals surface area contributed by atoms with Crippen LogP contribution < -0.4 is 5.32 Å². The fraction of sp³-hybridized carbons (Fsp3) is 0.154. The lowest BCUT2D eigenvalue weighted by atomic mass is 10.2. The first-order valence-electron chi connectivity index (χ1n) is 4.88. The van der Waals surface area contributed by atoms with E-state index in [-0.39, 0.29) is 18.3 Å². The lowest BCUT2D eigenvalue weighted by molar-refractivity contribution is -0.116. The van der Waals surface area contributed by atoms with Gasteiger partial charge in [-0.15, -0.1) is 0 Å². The first-order valence-corrected chi connectivity index (χ1v) is 4.88. The van der Waals surface area contributed by atoms with Gasteiger partial charge in [-0.05, 0) is 25.1 Å². The summed E-state index contributed by atoms with van der Waals surface area (Å²) in [5.74, 6) is 4.77. The van der Waals surface area contributed by atoms with Crippen LogP contribution in [-0.2, 0) is 4.79 Å². The fourth-order valence-corrected chi connectivity index (χ4v) is 1.04. The van der Waals surface area contributed by atoms with Gasteiger partial charge in [0.15, 0.2) is 0 Å². The van der Waals surface area contributed by atoms with Crippen LogP contribution in [0.1, 0.15) is 12.5 Å². The van der Waals surface area contributed by atoms with Gasteiger partial charge in [0.25, 0.3) is 0 Å². The zero-order valence-electron chi connectivity index (χ0n) is 8.96. The van der Waals surface area contributed by atoms with Gasteiger partial charge < -0.3 is 5.32 Å². The molecule has 0 heterocycles. The molecule has 1 aromatic rings. The Kier molecular flexibility index (Phi) is 4.81. The van der Waals surface area contributed by atoms with Crippen molar-refractivity contribution < 1.29 is 9.18 Å². The molecular formula is C13H12FNO. The van der Waals surface area contributed by atoms with E-state index in [1.807, 2.05) is 0 Å². The number of allylic oxidation sites excluding steroid dienone is 1. The highest BCUT2D eigenvalue weighted by Gasteiger charge is 1.94. The fourth-order valence-electron chi connectivity index (χ4n) is 1.04. The molecule has 3 heteroatoms. The highest BCUT2D eigenvalue weighted by Crippen LogP contribution is 2.03. The number of hydrogen-bond donors (Lipinski definition) is 1. The maximum Gasteiger partial charge on any atom is 0.244 e. The van der Waals surface area contributed by atoms with Crippen LogP contribution in [0.15, 0.2) is 36.4 Å². The van der Waals surface area contributed by atoms with Crippen molar-refractivity contribution >= 4 is 5.91 Å². The molecule has 16 heavy (non-hydrogen) atoms. The van der Waals surface area contributed by atoms with E-state index in [0.717, 1.165) is 0 Å². The number of carbonyl (C=O) groups is 1. The molecule has 0 fully saturated rings. The minimum absolute atomic E-state index is 0.203. The van der Waals surface area contributed by atoms with Gasteiger partial charge in [-0.2, -0.15) is 0 Å². The van der Waals surface area contributed by atoms with E-state index in [0.29, 0.717) is 5.56 Å². The Morgan fingerprint density at radius 3 is 2.94 bits per heavy atom. The summed E-state index contributed by atoms with van der Waals surface area (Å²) in [7, 11) is 0. The van der Waals surface area contributed by atoms with Crippen molar-refractivity contribution in [1.82, 2.24) is 5.32 Å². The maximum atomic E-state index is 13.1. The van der Waals surface area contributed by atoms with Crippen molar-refractivity contribution in [2.24, 2.45) is 0 Å². The van der Waals surface area contributed by atoms with Gasteiger partial charge >= 0.3 is 0 Å². The second-order valence-corrected chi connectivity index (χ2v) is 3.00. The Labute approximate surface area is 94.2 Å². The lowest BCUT2D eigenvalue weighted by Crippen LogP contribution is -2.20. The Morgan fingerprint density at radius 2 is 2.25 bits per heavy atom. The molecule has 0 aliphatic carbocycles. The molecule has 0 unspecified atom stereocenters. The zero-order chi connectivity index (χ0) is 11.8. The molecule has 0 radical (unpaired) electrons. The third-order valence-corrected chi connectivity index (χ3v) is 1.77. The summed E-state index contributed by atoms with van der Waals surface area (Å²) in [6.45, 7) is 1.96. The van der Waals surface area contributed by atoms with Crippen molar-refractivity contribution in [2.75, 3.05) is 6.54 Å².